The average molecular weight is 303 g/mol. The number of amides is 1. The molecule has 0 saturated carbocycles. The molecule has 1 aromatic heterocycles. The number of hydrogen-bond donors (Lipinski definition) is 3. The van der Waals surface area contributed by atoms with Crippen LogP contribution in [0.25, 0.3) is 11.6 Å². The number of aromatic nitrogens is 1. The van der Waals surface area contributed by atoms with Crippen LogP contribution < -0.4 is 10.0 Å². The van der Waals surface area contributed by atoms with Crippen LogP contribution in [0.15, 0.2) is 36.5 Å². The fraction of sp³-hybridized carbons (Fsp3) is 0.0714. The van der Waals surface area contributed by atoms with Gasteiger partial charge in [-0.1, -0.05) is 0 Å². The number of sulfonamides is 1. The van der Waals surface area contributed by atoms with Crippen molar-refractivity contribution < 1.29 is 13.2 Å². The highest BCUT2D eigenvalue weighted by Gasteiger charge is 2.24. The Kier molecular flexibility index (Phi) is 3.06. The number of rotatable bonds is 3. The molecule has 108 valence electrons. The molecule has 0 bridgehead atoms. The van der Waals surface area contributed by atoms with Crippen molar-refractivity contribution in [1.29, 1.82) is 0 Å². The van der Waals surface area contributed by atoms with Crippen LogP contribution in [0, 0.1) is 0 Å². The summed E-state index contributed by atoms with van der Waals surface area (Å²) in [7, 11) is -3.36. The van der Waals surface area contributed by atoms with Gasteiger partial charge < -0.3 is 10.3 Å². The topological polar surface area (TPSA) is 91.1 Å². The summed E-state index contributed by atoms with van der Waals surface area (Å²) in [6.45, 7) is 0. The van der Waals surface area contributed by atoms with E-state index in [-0.39, 0.29) is 5.91 Å². The van der Waals surface area contributed by atoms with Crippen LogP contribution in [0.3, 0.4) is 0 Å². The monoisotopic (exact) mass is 303 g/mol. The van der Waals surface area contributed by atoms with Crippen LogP contribution in [0.4, 0.5) is 11.4 Å². The minimum absolute atomic E-state index is 0.212. The van der Waals surface area contributed by atoms with Crippen molar-refractivity contribution in [3.8, 4) is 0 Å². The third-order valence-corrected chi connectivity index (χ3v) is 3.63. The molecular weight excluding hydrogens is 290 g/mol. The highest BCUT2D eigenvalue weighted by molar-refractivity contribution is 7.92. The fourth-order valence-electron chi connectivity index (χ4n) is 2.20. The standard InChI is InChI=1S/C14H13N3O3S/c1-21(19,20)17-10-4-5-13-11(8-10)12(14(18)16-13)7-9-3-2-6-15-9/h2-8,15,17H,1H3,(H,16,18)/b12-7-. The van der Waals surface area contributed by atoms with Gasteiger partial charge in [0, 0.05) is 28.8 Å². The summed E-state index contributed by atoms with van der Waals surface area (Å²) >= 11 is 0. The molecule has 1 amide bonds. The van der Waals surface area contributed by atoms with Gasteiger partial charge in [0.15, 0.2) is 0 Å². The van der Waals surface area contributed by atoms with E-state index in [4.69, 9.17) is 0 Å². The summed E-state index contributed by atoms with van der Waals surface area (Å²) in [5.74, 6) is -0.212. The summed E-state index contributed by atoms with van der Waals surface area (Å²) in [5, 5.41) is 2.75. The lowest BCUT2D eigenvalue weighted by atomic mass is 10.1. The Morgan fingerprint density at radius 1 is 1.24 bits per heavy atom. The van der Waals surface area contributed by atoms with Gasteiger partial charge in [-0.3, -0.25) is 9.52 Å². The number of carbonyl (C=O) groups excluding carboxylic acids is 1. The summed E-state index contributed by atoms with van der Waals surface area (Å²) in [6, 6.07) is 8.61. The molecule has 0 fully saturated rings. The van der Waals surface area contributed by atoms with E-state index in [1.54, 1.807) is 30.5 Å². The predicted octanol–water partition coefficient (Wildman–Crippen LogP) is 1.88. The van der Waals surface area contributed by atoms with Gasteiger partial charge in [0.25, 0.3) is 5.91 Å². The first kappa shape index (κ1) is 13.4. The zero-order valence-electron chi connectivity index (χ0n) is 11.2. The number of fused-ring (bicyclic) bond motifs is 1. The van der Waals surface area contributed by atoms with Gasteiger partial charge >= 0.3 is 0 Å². The van der Waals surface area contributed by atoms with Crippen molar-refractivity contribution in [1.82, 2.24) is 4.98 Å². The van der Waals surface area contributed by atoms with Crippen molar-refractivity contribution in [2.24, 2.45) is 0 Å². The van der Waals surface area contributed by atoms with Crippen LogP contribution in [-0.2, 0) is 14.8 Å². The minimum Gasteiger partial charge on any atom is -0.362 e. The Hall–Kier alpha value is -2.54. The lowest BCUT2D eigenvalue weighted by Gasteiger charge is -2.06. The van der Waals surface area contributed by atoms with Crippen LogP contribution in [0.5, 0.6) is 0 Å². The Labute approximate surface area is 121 Å². The van der Waals surface area contributed by atoms with E-state index in [2.05, 4.69) is 15.0 Å². The second-order valence-electron chi connectivity index (χ2n) is 4.77. The molecule has 0 atom stereocenters. The highest BCUT2D eigenvalue weighted by atomic mass is 32.2. The van der Waals surface area contributed by atoms with E-state index >= 15 is 0 Å². The van der Waals surface area contributed by atoms with Crippen molar-refractivity contribution in [2.45, 2.75) is 0 Å². The van der Waals surface area contributed by atoms with Crippen LogP contribution >= 0.6 is 0 Å². The van der Waals surface area contributed by atoms with Crippen LogP contribution in [0.2, 0.25) is 0 Å². The molecule has 1 aliphatic heterocycles. The van der Waals surface area contributed by atoms with Crippen molar-refractivity contribution >= 4 is 39.0 Å². The summed E-state index contributed by atoms with van der Waals surface area (Å²) in [6.07, 6.45) is 4.58. The Morgan fingerprint density at radius 2 is 2.05 bits per heavy atom. The molecule has 1 aromatic carbocycles. The molecule has 2 heterocycles. The number of benzene rings is 1. The van der Waals surface area contributed by atoms with Crippen LogP contribution in [0.1, 0.15) is 11.3 Å². The fourth-order valence-corrected chi connectivity index (χ4v) is 2.75. The van der Waals surface area contributed by atoms with Gasteiger partial charge in [0.2, 0.25) is 10.0 Å². The number of hydrogen-bond acceptors (Lipinski definition) is 3. The predicted molar refractivity (Wildman–Crippen MR) is 82.2 cm³/mol. The molecule has 2 aromatic rings. The van der Waals surface area contributed by atoms with Gasteiger partial charge in [-0.05, 0) is 36.4 Å². The third kappa shape index (κ3) is 2.82. The van der Waals surface area contributed by atoms with Gasteiger partial charge in [-0.15, -0.1) is 0 Å². The molecular formula is C14H13N3O3S. The number of H-pyrrole nitrogens is 1. The summed E-state index contributed by atoms with van der Waals surface area (Å²) in [4.78, 5) is 15.0. The largest absolute Gasteiger partial charge is 0.362 e. The molecule has 0 saturated heterocycles. The number of aromatic amines is 1. The Balaban J connectivity index is 2.05. The second-order valence-corrected chi connectivity index (χ2v) is 6.52. The number of carbonyl (C=O) groups is 1. The maximum Gasteiger partial charge on any atom is 0.256 e. The maximum absolute atomic E-state index is 12.0. The Morgan fingerprint density at radius 3 is 2.71 bits per heavy atom. The van der Waals surface area contributed by atoms with E-state index in [0.29, 0.717) is 22.5 Å². The smallest absolute Gasteiger partial charge is 0.256 e. The average Bonchev–Trinajstić information content (AvgIpc) is 2.98. The van der Waals surface area contributed by atoms with Gasteiger partial charge in [0.05, 0.1) is 11.8 Å². The second kappa shape index (κ2) is 4.78. The van der Waals surface area contributed by atoms with E-state index < -0.39 is 10.0 Å². The van der Waals surface area contributed by atoms with Gasteiger partial charge in [-0.2, -0.15) is 0 Å². The lowest BCUT2D eigenvalue weighted by Crippen LogP contribution is -2.09. The van der Waals surface area contributed by atoms with Crippen molar-refractivity contribution in [3.63, 3.8) is 0 Å². The maximum atomic E-state index is 12.0. The summed E-state index contributed by atoms with van der Waals surface area (Å²) in [5.41, 5.74) is 3.05. The zero-order chi connectivity index (χ0) is 15.0. The molecule has 7 heteroatoms. The normalized spacial score (nSPS) is 15.9. The highest BCUT2D eigenvalue weighted by Crippen LogP contribution is 2.35. The van der Waals surface area contributed by atoms with E-state index in [0.717, 1.165) is 11.9 Å². The first-order valence-electron chi connectivity index (χ1n) is 6.21. The molecule has 21 heavy (non-hydrogen) atoms. The molecule has 0 radical (unpaired) electrons. The molecule has 0 spiro atoms. The summed E-state index contributed by atoms with van der Waals surface area (Å²) < 4.78 is 25.0. The number of anilines is 2. The first-order valence-corrected chi connectivity index (χ1v) is 8.10. The first-order chi connectivity index (χ1) is 9.92. The third-order valence-electron chi connectivity index (χ3n) is 3.03. The molecule has 6 nitrogen and oxygen atoms in total. The molecule has 0 aliphatic carbocycles. The minimum atomic E-state index is -3.36. The molecule has 3 rings (SSSR count). The number of nitrogens with one attached hydrogen (secondary N) is 3. The van der Waals surface area contributed by atoms with E-state index in [1.165, 1.54) is 0 Å². The van der Waals surface area contributed by atoms with Gasteiger partial charge in [0.1, 0.15) is 0 Å². The SMILES string of the molecule is CS(=O)(=O)Nc1ccc2c(c1)/C(=C/c1ccc[nH]1)C(=O)N2. The van der Waals surface area contributed by atoms with E-state index in [1.807, 2.05) is 12.1 Å². The zero-order valence-corrected chi connectivity index (χ0v) is 12.0. The van der Waals surface area contributed by atoms with Crippen LogP contribution in [-0.4, -0.2) is 25.6 Å². The van der Waals surface area contributed by atoms with E-state index in [9.17, 15) is 13.2 Å². The molecule has 1 aliphatic rings. The lowest BCUT2D eigenvalue weighted by molar-refractivity contribution is -0.110. The van der Waals surface area contributed by atoms with Crippen molar-refractivity contribution in [3.05, 3.63) is 47.8 Å². The molecule has 0 unspecified atom stereocenters. The Bertz CT molecular complexity index is 836. The molecule has 3 N–H and O–H groups in total. The van der Waals surface area contributed by atoms with Crippen molar-refractivity contribution in [2.75, 3.05) is 16.3 Å². The van der Waals surface area contributed by atoms with Gasteiger partial charge in [-0.25, -0.2) is 8.42 Å². The quantitative estimate of drug-likeness (QED) is 0.756.